The lowest BCUT2D eigenvalue weighted by Gasteiger charge is -2.38. The van der Waals surface area contributed by atoms with Gasteiger partial charge in [-0.25, -0.2) is 10.3 Å². The fourth-order valence-corrected chi connectivity index (χ4v) is 5.00. The SMILES string of the molecule is CC[C@H](C(=O)NO)[C@H](C(=O)N1CCCC[C@@H]1OC(=O)NC1CCC(O)CC1)c1ccc(Cl)cc1. The molecule has 1 aliphatic carbocycles. The van der Waals surface area contributed by atoms with Crippen LogP contribution < -0.4 is 10.8 Å². The van der Waals surface area contributed by atoms with E-state index in [0.717, 1.165) is 12.8 Å². The number of hydrogen-bond acceptors (Lipinski definition) is 6. The van der Waals surface area contributed by atoms with Gasteiger partial charge in [-0.05, 0) is 62.6 Å². The first-order valence-corrected chi connectivity index (χ1v) is 12.4. The number of nitrogens with one attached hydrogen (secondary N) is 2. The first kappa shape index (κ1) is 26.2. The largest absolute Gasteiger partial charge is 0.425 e. The molecule has 4 N–H and O–H groups in total. The van der Waals surface area contributed by atoms with E-state index in [0.29, 0.717) is 55.7 Å². The molecule has 3 amide bonds. The second kappa shape index (κ2) is 12.4. The van der Waals surface area contributed by atoms with Crippen LogP contribution in [0.25, 0.3) is 0 Å². The van der Waals surface area contributed by atoms with Crippen LogP contribution in [0.4, 0.5) is 4.79 Å². The highest BCUT2D eigenvalue weighted by Crippen LogP contribution is 2.33. The van der Waals surface area contributed by atoms with Crippen LogP contribution >= 0.6 is 11.6 Å². The zero-order valence-corrected chi connectivity index (χ0v) is 20.2. The fraction of sp³-hybridized carbons (Fsp3) is 0.625. The Morgan fingerprint density at radius 3 is 2.41 bits per heavy atom. The number of aliphatic hydroxyl groups is 1. The van der Waals surface area contributed by atoms with Crippen LogP contribution in [-0.4, -0.2) is 58.0 Å². The molecule has 0 bridgehead atoms. The number of benzene rings is 1. The van der Waals surface area contributed by atoms with Crippen LogP contribution in [0, 0.1) is 5.92 Å². The van der Waals surface area contributed by atoms with E-state index in [1.54, 1.807) is 36.7 Å². The number of likely N-dealkylation sites (tertiary alicyclic amines) is 1. The van der Waals surface area contributed by atoms with Crippen LogP contribution in [0.1, 0.15) is 69.8 Å². The normalized spacial score (nSPS) is 24.6. The molecule has 10 heteroatoms. The Kier molecular flexibility index (Phi) is 9.55. The molecule has 1 saturated carbocycles. The van der Waals surface area contributed by atoms with E-state index in [4.69, 9.17) is 16.3 Å². The van der Waals surface area contributed by atoms with Crippen molar-refractivity contribution in [1.82, 2.24) is 15.7 Å². The summed E-state index contributed by atoms with van der Waals surface area (Å²) in [7, 11) is 0. The van der Waals surface area contributed by atoms with Gasteiger partial charge in [0.2, 0.25) is 11.8 Å². The minimum atomic E-state index is -0.874. The minimum absolute atomic E-state index is 0.0665. The van der Waals surface area contributed by atoms with Gasteiger partial charge in [0.15, 0.2) is 6.23 Å². The summed E-state index contributed by atoms with van der Waals surface area (Å²) in [6.07, 6.45) is 3.33. The van der Waals surface area contributed by atoms with Gasteiger partial charge in [0.25, 0.3) is 0 Å². The number of carbonyl (C=O) groups is 3. The van der Waals surface area contributed by atoms with Gasteiger partial charge in [0, 0.05) is 24.0 Å². The smallest absolute Gasteiger partial charge is 0.409 e. The highest BCUT2D eigenvalue weighted by atomic mass is 35.5. The molecule has 34 heavy (non-hydrogen) atoms. The number of hydrogen-bond donors (Lipinski definition) is 4. The van der Waals surface area contributed by atoms with E-state index in [1.807, 2.05) is 0 Å². The van der Waals surface area contributed by atoms with Crippen molar-refractivity contribution >= 4 is 29.5 Å². The molecule has 2 fully saturated rings. The predicted octanol–water partition coefficient (Wildman–Crippen LogP) is 3.32. The molecule has 1 aromatic rings. The topological polar surface area (TPSA) is 128 Å². The number of amides is 3. The van der Waals surface area contributed by atoms with Crippen LogP contribution in [0.3, 0.4) is 0 Å². The number of rotatable bonds is 7. The lowest BCUT2D eigenvalue weighted by molar-refractivity contribution is -0.151. The molecule has 3 atom stereocenters. The van der Waals surface area contributed by atoms with Crippen LogP contribution in [-0.2, 0) is 14.3 Å². The summed E-state index contributed by atoms with van der Waals surface area (Å²) in [5.41, 5.74) is 2.28. The van der Waals surface area contributed by atoms with Crippen LogP contribution in [0.5, 0.6) is 0 Å². The molecule has 9 nitrogen and oxygen atoms in total. The van der Waals surface area contributed by atoms with E-state index in [1.165, 1.54) is 4.90 Å². The number of halogens is 1. The number of hydroxylamine groups is 1. The fourth-order valence-electron chi connectivity index (χ4n) is 4.87. The summed E-state index contributed by atoms with van der Waals surface area (Å²) in [4.78, 5) is 40.4. The number of aliphatic hydroxyl groups excluding tert-OH is 1. The van der Waals surface area contributed by atoms with Gasteiger partial charge < -0.3 is 20.1 Å². The van der Waals surface area contributed by atoms with Gasteiger partial charge >= 0.3 is 6.09 Å². The Bertz CT molecular complexity index is 844. The van der Waals surface area contributed by atoms with E-state index in [-0.39, 0.29) is 18.1 Å². The molecule has 0 unspecified atom stereocenters. The maximum atomic E-state index is 13.8. The Morgan fingerprint density at radius 2 is 1.79 bits per heavy atom. The van der Waals surface area contributed by atoms with Crippen LogP contribution in [0.15, 0.2) is 24.3 Å². The van der Waals surface area contributed by atoms with E-state index in [9.17, 15) is 24.7 Å². The van der Waals surface area contributed by atoms with Gasteiger partial charge in [-0.3, -0.25) is 14.8 Å². The standard InChI is InChI=1S/C24H34ClN3O6/c1-2-19(22(30)27-33)21(15-6-8-16(25)9-7-15)23(31)28-14-4-3-5-20(28)34-24(32)26-17-10-12-18(29)13-11-17/h6-9,17-21,29,33H,2-5,10-14H2,1H3,(H,26,32)(H,27,30)/t17?,18?,19-,20-,21+/m0/s1. The maximum Gasteiger partial charge on any atom is 0.409 e. The Labute approximate surface area is 204 Å². The zero-order valence-electron chi connectivity index (χ0n) is 19.4. The van der Waals surface area contributed by atoms with Crippen molar-refractivity contribution < 1.29 is 29.4 Å². The van der Waals surface area contributed by atoms with Crippen molar-refractivity contribution in [2.75, 3.05) is 6.54 Å². The average molecular weight is 496 g/mol. The zero-order chi connectivity index (χ0) is 24.7. The second-order valence-corrected chi connectivity index (χ2v) is 9.49. The van der Waals surface area contributed by atoms with Crippen molar-refractivity contribution in [3.05, 3.63) is 34.9 Å². The van der Waals surface area contributed by atoms with Crippen LogP contribution in [0.2, 0.25) is 5.02 Å². The minimum Gasteiger partial charge on any atom is -0.425 e. The average Bonchev–Trinajstić information content (AvgIpc) is 2.84. The van der Waals surface area contributed by atoms with E-state index < -0.39 is 30.1 Å². The molecule has 1 saturated heterocycles. The predicted molar refractivity (Wildman–Crippen MR) is 125 cm³/mol. The van der Waals surface area contributed by atoms with Crippen molar-refractivity contribution in [2.45, 2.75) is 82.6 Å². The first-order valence-electron chi connectivity index (χ1n) is 12.0. The molecule has 0 spiro atoms. The summed E-state index contributed by atoms with van der Waals surface area (Å²) < 4.78 is 5.68. The molecule has 3 rings (SSSR count). The molecule has 1 aliphatic heterocycles. The van der Waals surface area contributed by atoms with Crippen molar-refractivity contribution in [3.63, 3.8) is 0 Å². The summed E-state index contributed by atoms with van der Waals surface area (Å²) >= 11 is 6.02. The monoisotopic (exact) mass is 495 g/mol. The lowest BCUT2D eigenvalue weighted by atomic mass is 9.82. The summed E-state index contributed by atoms with van der Waals surface area (Å²) in [5, 5.41) is 22.3. The molecule has 1 heterocycles. The van der Waals surface area contributed by atoms with Crippen molar-refractivity contribution in [3.8, 4) is 0 Å². The molecule has 188 valence electrons. The third-order valence-corrected chi connectivity index (χ3v) is 7.03. The Balaban J connectivity index is 1.78. The lowest BCUT2D eigenvalue weighted by Crippen LogP contribution is -2.51. The number of nitrogens with zero attached hydrogens (tertiary/aromatic N) is 1. The van der Waals surface area contributed by atoms with Crippen molar-refractivity contribution in [1.29, 1.82) is 0 Å². The van der Waals surface area contributed by atoms with Crippen molar-refractivity contribution in [2.24, 2.45) is 5.92 Å². The molecule has 0 aromatic heterocycles. The summed E-state index contributed by atoms with van der Waals surface area (Å²) in [6, 6.07) is 6.63. The number of piperidine rings is 1. The summed E-state index contributed by atoms with van der Waals surface area (Å²) in [6.45, 7) is 2.17. The number of alkyl carbamates (subject to hydrolysis) is 1. The van der Waals surface area contributed by atoms with Gasteiger partial charge in [-0.1, -0.05) is 30.7 Å². The molecule has 0 radical (unpaired) electrons. The third kappa shape index (κ3) is 6.61. The Morgan fingerprint density at radius 1 is 1.12 bits per heavy atom. The first-order chi connectivity index (χ1) is 16.3. The molecule has 2 aliphatic rings. The molecular weight excluding hydrogens is 462 g/mol. The molecular formula is C24H34ClN3O6. The summed E-state index contributed by atoms with van der Waals surface area (Å²) in [5.74, 6) is -2.68. The third-order valence-electron chi connectivity index (χ3n) is 6.78. The van der Waals surface area contributed by atoms with Gasteiger partial charge in [-0.2, -0.15) is 0 Å². The number of carbonyl (C=O) groups excluding carboxylic acids is 3. The highest BCUT2D eigenvalue weighted by molar-refractivity contribution is 6.30. The van der Waals surface area contributed by atoms with Gasteiger partial charge in [0.05, 0.1) is 17.9 Å². The van der Waals surface area contributed by atoms with Gasteiger partial charge in [0.1, 0.15) is 0 Å². The van der Waals surface area contributed by atoms with Gasteiger partial charge in [-0.15, -0.1) is 0 Å². The molecule has 1 aromatic carbocycles. The Hall–Kier alpha value is -2.36. The second-order valence-electron chi connectivity index (χ2n) is 9.06. The quantitative estimate of drug-likeness (QED) is 0.339. The van der Waals surface area contributed by atoms with E-state index >= 15 is 0 Å². The number of ether oxygens (including phenoxy) is 1. The highest BCUT2D eigenvalue weighted by Gasteiger charge is 2.40. The maximum absolute atomic E-state index is 13.8. The van der Waals surface area contributed by atoms with E-state index in [2.05, 4.69) is 5.32 Å².